The Morgan fingerprint density at radius 3 is 2.69 bits per heavy atom. The fourth-order valence-electron chi connectivity index (χ4n) is 4.33. The maximum Gasteiger partial charge on any atom is 0.267 e. The Bertz CT molecular complexity index is 1230. The largest absolute Gasteiger partial charge is 0.493 e. The quantitative estimate of drug-likeness (QED) is 0.489. The maximum absolute atomic E-state index is 13.2. The van der Waals surface area contributed by atoms with Crippen LogP contribution in [-0.4, -0.2) is 49.0 Å². The Kier molecular flexibility index (Phi) is 7.67. The lowest BCUT2D eigenvalue weighted by atomic mass is 9.97. The number of nitrogens with one attached hydrogen (secondary N) is 1. The third-order valence-corrected chi connectivity index (χ3v) is 7.41. The molecule has 3 aromatic rings. The number of para-hydroxylation sites is 1. The molecule has 1 atom stereocenters. The van der Waals surface area contributed by atoms with Gasteiger partial charge >= 0.3 is 0 Å². The number of benzene rings is 2. The van der Waals surface area contributed by atoms with E-state index in [4.69, 9.17) is 15.2 Å². The second-order valence-electron chi connectivity index (χ2n) is 8.59. The summed E-state index contributed by atoms with van der Waals surface area (Å²) in [5.41, 5.74) is 8.79. The average Bonchev–Trinajstić information content (AvgIpc) is 3.26. The van der Waals surface area contributed by atoms with Gasteiger partial charge in [0.2, 0.25) is 5.91 Å². The number of rotatable bonds is 8. The molecule has 35 heavy (non-hydrogen) atoms. The number of aryl methyl sites for hydroxylation is 1. The van der Waals surface area contributed by atoms with Crippen molar-refractivity contribution in [2.75, 3.05) is 32.6 Å². The highest BCUT2D eigenvalue weighted by Gasteiger charge is 2.25. The number of thiazole rings is 1. The van der Waals surface area contributed by atoms with Crippen molar-refractivity contribution in [3.8, 4) is 22.1 Å². The number of hydrogen-bond donors (Lipinski definition) is 2. The number of nitrogens with zero attached hydrogens (tertiary/aromatic N) is 2. The fraction of sp³-hybridized carbons (Fsp3) is 0.346. The van der Waals surface area contributed by atoms with Gasteiger partial charge in [0.15, 0.2) is 11.5 Å². The van der Waals surface area contributed by atoms with Crippen LogP contribution in [0.4, 0.5) is 5.69 Å². The van der Waals surface area contributed by atoms with Gasteiger partial charge in [-0.1, -0.05) is 18.2 Å². The molecular formula is C26H30N4O4S. The van der Waals surface area contributed by atoms with E-state index >= 15 is 0 Å². The van der Waals surface area contributed by atoms with Crippen LogP contribution in [0, 0.1) is 12.8 Å². The number of nitrogens with two attached hydrogens (primary N) is 1. The highest BCUT2D eigenvalue weighted by Crippen LogP contribution is 2.35. The lowest BCUT2D eigenvalue weighted by Crippen LogP contribution is -2.40. The minimum atomic E-state index is -0.248. The predicted octanol–water partition coefficient (Wildman–Crippen LogP) is 4.09. The van der Waals surface area contributed by atoms with E-state index in [9.17, 15) is 9.59 Å². The van der Waals surface area contributed by atoms with E-state index in [1.54, 1.807) is 14.2 Å². The van der Waals surface area contributed by atoms with Crippen LogP contribution in [0.5, 0.6) is 11.5 Å². The van der Waals surface area contributed by atoms with Gasteiger partial charge in [-0.15, -0.1) is 11.3 Å². The Balaban J connectivity index is 1.51. The third-order valence-electron chi connectivity index (χ3n) is 6.20. The first kappa shape index (κ1) is 24.7. The molecule has 0 aliphatic carbocycles. The summed E-state index contributed by atoms with van der Waals surface area (Å²) < 4.78 is 10.7. The topological polar surface area (TPSA) is 107 Å². The van der Waals surface area contributed by atoms with Gasteiger partial charge in [-0.25, -0.2) is 4.98 Å². The van der Waals surface area contributed by atoms with Gasteiger partial charge in [0.05, 0.1) is 25.8 Å². The molecule has 9 heteroatoms. The molecule has 3 N–H and O–H groups in total. The summed E-state index contributed by atoms with van der Waals surface area (Å²) in [6, 6.07) is 13.3. The second kappa shape index (κ2) is 10.9. The number of methoxy groups -OCH3 is 2. The zero-order chi connectivity index (χ0) is 24.9. The lowest BCUT2D eigenvalue weighted by molar-refractivity contribution is -0.123. The molecule has 1 aliphatic heterocycles. The Labute approximate surface area is 209 Å². The van der Waals surface area contributed by atoms with Crippen LogP contribution in [0.1, 0.15) is 33.8 Å². The summed E-state index contributed by atoms with van der Waals surface area (Å²) in [4.78, 5) is 32.3. The summed E-state index contributed by atoms with van der Waals surface area (Å²) in [5, 5.41) is 3.79. The van der Waals surface area contributed by atoms with Crippen molar-refractivity contribution in [2.24, 2.45) is 11.7 Å². The van der Waals surface area contributed by atoms with Crippen LogP contribution >= 0.6 is 11.3 Å². The smallest absolute Gasteiger partial charge is 0.267 e. The zero-order valence-corrected chi connectivity index (χ0v) is 21.0. The molecule has 0 spiro atoms. The molecule has 8 nitrogen and oxygen atoms in total. The first-order valence-electron chi connectivity index (χ1n) is 11.5. The van der Waals surface area contributed by atoms with E-state index in [2.05, 4.69) is 15.2 Å². The second-order valence-corrected chi connectivity index (χ2v) is 9.59. The predicted molar refractivity (Wildman–Crippen MR) is 137 cm³/mol. The van der Waals surface area contributed by atoms with Crippen LogP contribution in [0.2, 0.25) is 0 Å². The van der Waals surface area contributed by atoms with E-state index in [1.165, 1.54) is 11.3 Å². The van der Waals surface area contributed by atoms with Crippen molar-refractivity contribution in [1.29, 1.82) is 0 Å². The maximum atomic E-state index is 13.2. The Morgan fingerprint density at radius 2 is 1.94 bits per heavy atom. The molecule has 0 radical (unpaired) electrons. The van der Waals surface area contributed by atoms with Crippen molar-refractivity contribution in [3.05, 3.63) is 58.6 Å². The molecule has 184 valence electrons. The molecule has 1 aliphatic rings. The number of aromatic nitrogens is 1. The van der Waals surface area contributed by atoms with Crippen LogP contribution in [0.25, 0.3) is 10.6 Å². The Morgan fingerprint density at radius 1 is 1.17 bits per heavy atom. The molecule has 1 fully saturated rings. The number of amides is 2. The minimum absolute atomic E-state index is 0.125. The first-order chi connectivity index (χ1) is 16.9. The molecule has 1 aromatic heterocycles. The number of hydrogen-bond acceptors (Lipinski definition) is 7. The SMILES string of the molecule is COc1ccc(-c2nc(C)c(C(=O)Nc3ccccc3CN3CCCC(C(N)=O)C3)s2)cc1OC. The molecule has 1 saturated heterocycles. The third kappa shape index (κ3) is 5.63. The standard InChI is InChI=1S/C26H30N4O4S/c1-16-23(35-26(28-16)17-10-11-21(33-2)22(13-17)34-3)25(32)29-20-9-5-4-7-18(20)14-30-12-6-8-19(15-30)24(27)31/h4-5,7,9-11,13,19H,6,8,12,14-15H2,1-3H3,(H2,27,31)(H,29,32). The van der Waals surface area contributed by atoms with Crippen LogP contribution in [0.3, 0.4) is 0 Å². The van der Waals surface area contributed by atoms with Crippen LogP contribution < -0.4 is 20.5 Å². The number of ether oxygens (including phenoxy) is 2. The van der Waals surface area contributed by atoms with Gasteiger partial charge in [0, 0.05) is 24.3 Å². The van der Waals surface area contributed by atoms with Gasteiger partial charge in [-0.05, 0) is 56.1 Å². The molecule has 0 saturated carbocycles. The number of piperidine rings is 1. The van der Waals surface area contributed by atoms with Gasteiger partial charge in [0.1, 0.15) is 9.88 Å². The summed E-state index contributed by atoms with van der Waals surface area (Å²) in [7, 11) is 3.18. The molecule has 2 aromatic carbocycles. The van der Waals surface area contributed by atoms with E-state index in [1.807, 2.05) is 49.4 Å². The van der Waals surface area contributed by atoms with Crippen molar-refractivity contribution >= 4 is 28.8 Å². The summed E-state index contributed by atoms with van der Waals surface area (Å²) in [6.45, 7) is 4.01. The number of anilines is 1. The average molecular weight is 495 g/mol. The van der Waals surface area contributed by atoms with E-state index < -0.39 is 0 Å². The van der Waals surface area contributed by atoms with Crippen molar-refractivity contribution < 1.29 is 19.1 Å². The monoisotopic (exact) mass is 494 g/mol. The summed E-state index contributed by atoms with van der Waals surface area (Å²) in [5.74, 6) is 0.666. The molecule has 0 bridgehead atoms. The molecular weight excluding hydrogens is 464 g/mol. The van der Waals surface area contributed by atoms with Crippen molar-refractivity contribution in [1.82, 2.24) is 9.88 Å². The highest BCUT2D eigenvalue weighted by molar-refractivity contribution is 7.17. The van der Waals surface area contributed by atoms with Crippen LogP contribution in [-0.2, 0) is 11.3 Å². The van der Waals surface area contributed by atoms with Crippen LogP contribution in [0.15, 0.2) is 42.5 Å². The number of likely N-dealkylation sites (tertiary alicyclic amines) is 1. The number of carbonyl (C=O) groups excluding carboxylic acids is 2. The van der Waals surface area contributed by atoms with E-state index in [-0.39, 0.29) is 17.7 Å². The zero-order valence-electron chi connectivity index (χ0n) is 20.2. The highest BCUT2D eigenvalue weighted by atomic mass is 32.1. The van der Waals surface area contributed by atoms with Gasteiger partial charge in [0.25, 0.3) is 5.91 Å². The minimum Gasteiger partial charge on any atom is -0.493 e. The van der Waals surface area contributed by atoms with E-state index in [0.29, 0.717) is 35.2 Å². The van der Waals surface area contributed by atoms with Gasteiger partial charge < -0.3 is 20.5 Å². The lowest BCUT2D eigenvalue weighted by Gasteiger charge is -2.31. The summed E-state index contributed by atoms with van der Waals surface area (Å²) in [6.07, 6.45) is 1.76. The van der Waals surface area contributed by atoms with Crippen molar-refractivity contribution in [3.63, 3.8) is 0 Å². The fourth-order valence-corrected chi connectivity index (χ4v) is 5.29. The Hall–Kier alpha value is -3.43. The molecule has 2 heterocycles. The van der Waals surface area contributed by atoms with Gasteiger partial charge in [-0.3, -0.25) is 14.5 Å². The number of primary amides is 1. The molecule has 1 unspecified atom stereocenters. The van der Waals surface area contributed by atoms with Gasteiger partial charge in [-0.2, -0.15) is 0 Å². The van der Waals surface area contributed by atoms with Crippen molar-refractivity contribution in [2.45, 2.75) is 26.3 Å². The number of carbonyl (C=O) groups is 2. The van der Waals surface area contributed by atoms with E-state index in [0.717, 1.165) is 41.2 Å². The molecule has 4 rings (SSSR count). The first-order valence-corrected chi connectivity index (χ1v) is 12.3. The normalized spacial score (nSPS) is 16.0. The molecule has 2 amide bonds. The summed E-state index contributed by atoms with van der Waals surface area (Å²) >= 11 is 1.34.